The molecular weight excluding hydrogens is 124 g/mol. The fourth-order valence-electron chi connectivity index (χ4n) is 1.61. The molecule has 0 aliphatic heterocycles. The van der Waals surface area contributed by atoms with Gasteiger partial charge in [-0.2, -0.15) is 0 Å². The summed E-state index contributed by atoms with van der Waals surface area (Å²) in [4.78, 5) is 0. The van der Waals surface area contributed by atoms with E-state index in [9.17, 15) is 0 Å². The molecule has 0 aromatic rings. The highest BCUT2D eigenvalue weighted by atomic mass is 15.2. The minimum absolute atomic E-state index is 0.646. The molecule has 0 amide bonds. The van der Waals surface area contributed by atoms with Crippen molar-refractivity contribution in [3.63, 3.8) is 0 Å². The highest BCUT2D eigenvalue weighted by Crippen LogP contribution is 2.40. The normalized spacial score (nSPS) is 28.5. The number of nitrogens with one attached hydrogen (secondary N) is 1. The number of hydrogen-bond acceptors (Lipinski definition) is 2. The summed E-state index contributed by atoms with van der Waals surface area (Å²) in [5.74, 6) is 7.38. The molecular formula is C8H16N2. The van der Waals surface area contributed by atoms with Crippen LogP contribution in [0.25, 0.3) is 0 Å². The smallest absolute Gasteiger partial charge is 0.0241 e. The zero-order valence-electron chi connectivity index (χ0n) is 6.34. The fraction of sp³-hybridized carbons (Fsp3) is 1.00. The molecule has 2 rings (SSSR count). The van der Waals surface area contributed by atoms with Crippen LogP contribution >= 0.6 is 0 Å². The zero-order chi connectivity index (χ0) is 6.97. The second-order valence-corrected chi connectivity index (χ2v) is 3.79. The van der Waals surface area contributed by atoms with Gasteiger partial charge < -0.3 is 0 Å². The van der Waals surface area contributed by atoms with Gasteiger partial charge in [-0.25, -0.2) is 0 Å². The summed E-state index contributed by atoms with van der Waals surface area (Å²) in [6.45, 7) is 0. The topological polar surface area (TPSA) is 38.0 Å². The Morgan fingerprint density at radius 3 is 2.40 bits per heavy atom. The molecule has 0 aromatic heterocycles. The molecule has 2 heteroatoms. The third-order valence-corrected chi connectivity index (χ3v) is 2.69. The van der Waals surface area contributed by atoms with E-state index < -0.39 is 0 Å². The largest absolute Gasteiger partial charge is 0.271 e. The van der Waals surface area contributed by atoms with Crippen LogP contribution in [0.5, 0.6) is 0 Å². The van der Waals surface area contributed by atoms with Gasteiger partial charge in [0.05, 0.1) is 0 Å². The predicted molar refractivity (Wildman–Crippen MR) is 41.2 cm³/mol. The zero-order valence-corrected chi connectivity index (χ0v) is 6.34. The molecule has 58 valence electrons. The fourth-order valence-corrected chi connectivity index (χ4v) is 1.61. The molecule has 2 aliphatic carbocycles. The maximum absolute atomic E-state index is 5.44. The van der Waals surface area contributed by atoms with E-state index in [2.05, 4.69) is 5.43 Å². The van der Waals surface area contributed by atoms with Gasteiger partial charge in [0.25, 0.3) is 0 Å². The summed E-state index contributed by atoms with van der Waals surface area (Å²) >= 11 is 0. The van der Waals surface area contributed by atoms with Crippen molar-refractivity contribution < 1.29 is 0 Å². The number of hydrogen-bond donors (Lipinski definition) is 2. The van der Waals surface area contributed by atoms with Gasteiger partial charge >= 0.3 is 0 Å². The second kappa shape index (κ2) is 2.51. The standard InChI is InChI=1S/C8H16N2/c9-10-8(7-3-4-7)5-6-1-2-6/h6-8,10H,1-5,9H2. The summed E-state index contributed by atoms with van der Waals surface area (Å²) in [6, 6.07) is 0.646. The molecule has 10 heavy (non-hydrogen) atoms. The number of rotatable bonds is 4. The quantitative estimate of drug-likeness (QED) is 0.452. The Bertz CT molecular complexity index is 116. The maximum atomic E-state index is 5.44. The van der Waals surface area contributed by atoms with E-state index in [0.29, 0.717) is 6.04 Å². The Morgan fingerprint density at radius 1 is 1.30 bits per heavy atom. The third kappa shape index (κ3) is 1.50. The third-order valence-electron chi connectivity index (χ3n) is 2.69. The van der Waals surface area contributed by atoms with Gasteiger partial charge in [-0.15, -0.1) is 0 Å². The highest BCUT2D eigenvalue weighted by Gasteiger charge is 2.34. The molecule has 1 unspecified atom stereocenters. The molecule has 2 fully saturated rings. The average Bonchev–Trinajstić information content (AvgIpc) is 2.76. The first-order valence-electron chi connectivity index (χ1n) is 4.36. The van der Waals surface area contributed by atoms with Crippen LogP contribution in [0.15, 0.2) is 0 Å². The average molecular weight is 140 g/mol. The summed E-state index contributed by atoms with van der Waals surface area (Å²) < 4.78 is 0. The van der Waals surface area contributed by atoms with Gasteiger partial charge in [0.15, 0.2) is 0 Å². The van der Waals surface area contributed by atoms with Crippen molar-refractivity contribution in [1.82, 2.24) is 5.43 Å². The summed E-state index contributed by atoms with van der Waals surface area (Å²) in [5, 5.41) is 0. The molecule has 2 aliphatic rings. The lowest BCUT2D eigenvalue weighted by molar-refractivity contribution is 0.424. The van der Waals surface area contributed by atoms with E-state index in [4.69, 9.17) is 5.84 Å². The van der Waals surface area contributed by atoms with Crippen molar-refractivity contribution in [2.24, 2.45) is 17.7 Å². The predicted octanol–water partition coefficient (Wildman–Crippen LogP) is 1.03. The molecule has 2 nitrogen and oxygen atoms in total. The van der Waals surface area contributed by atoms with Crippen molar-refractivity contribution in [2.75, 3.05) is 0 Å². The van der Waals surface area contributed by atoms with Gasteiger partial charge in [-0.05, 0) is 31.1 Å². The molecule has 1 atom stereocenters. The monoisotopic (exact) mass is 140 g/mol. The van der Waals surface area contributed by atoms with Gasteiger partial charge in [0.1, 0.15) is 0 Å². The number of nitrogens with two attached hydrogens (primary N) is 1. The summed E-state index contributed by atoms with van der Waals surface area (Å²) in [5.41, 5.74) is 2.94. The molecule has 2 saturated carbocycles. The van der Waals surface area contributed by atoms with Gasteiger partial charge in [0.2, 0.25) is 0 Å². The van der Waals surface area contributed by atoms with Crippen molar-refractivity contribution in [3.8, 4) is 0 Å². The van der Waals surface area contributed by atoms with E-state index in [-0.39, 0.29) is 0 Å². The van der Waals surface area contributed by atoms with E-state index in [0.717, 1.165) is 11.8 Å². The number of hydrazine groups is 1. The summed E-state index contributed by atoms with van der Waals surface area (Å²) in [7, 11) is 0. The van der Waals surface area contributed by atoms with Crippen LogP contribution in [-0.4, -0.2) is 6.04 Å². The first kappa shape index (κ1) is 6.62. The van der Waals surface area contributed by atoms with E-state index >= 15 is 0 Å². The van der Waals surface area contributed by atoms with Crippen LogP contribution < -0.4 is 11.3 Å². The second-order valence-electron chi connectivity index (χ2n) is 3.79. The van der Waals surface area contributed by atoms with Gasteiger partial charge in [-0.3, -0.25) is 11.3 Å². The van der Waals surface area contributed by atoms with Crippen molar-refractivity contribution in [1.29, 1.82) is 0 Å². The van der Waals surface area contributed by atoms with Crippen LogP contribution in [0.3, 0.4) is 0 Å². The molecule has 0 heterocycles. The van der Waals surface area contributed by atoms with E-state index in [1.54, 1.807) is 0 Å². The Balaban J connectivity index is 1.73. The molecule has 0 aromatic carbocycles. The van der Waals surface area contributed by atoms with Crippen LogP contribution in [0.1, 0.15) is 32.1 Å². The Kier molecular flexibility index (Phi) is 1.66. The van der Waals surface area contributed by atoms with Crippen molar-refractivity contribution in [3.05, 3.63) is 0 Å². The lowest BCUT2D eigenvalue weighted by Crippen LogP contribution is -2.37. The molecule has 0 radical (unpaired) electrons. The van der Waals surface area contributed by atoms with Crippen LogP contribution in [0, 0.1) is 11.8 Å². The van der Waals surface area contributed by atoms with Crippen LogP contribution in [0.4, 0.5) is 0 Å². The highest BCUT2D eigenvalue weighted by molar-refractivity contribution is 4.89. The van der Waals surface area contributed by atoms with E-state index in [1.165, 1.54) is 32.1 Å². The van der Waals surface area contributed by atoms with Crippen molar-refractivity contribution in [2.45, 2.75) is 38.1 Å². The lowest BCUT2D eigenvalue weighted by atomic mass is 10.1. The van der Waals surface area contributed by atoms with E-state index in [1.807, 2.05) is 0 Å². The molecule has 0 bridgehead atoms. The van der Waals surface area contributed by atoms with Crippen molar-refractivity contribution >= 4 is 0 Å². The molecule has 0 saturated heterocycles. The molecule has 0 spiro atoms. The molecule has 3 N–H and O–H groups in total. The first-order chi connectivity index (χ1) is 4.90. The summed E-state index contributed by atoms with van der Waals surface area (Å²) in [6.07, 6.45) is 7.04. The maximum Gasteiger partial charge on any atom is 0.0241 e. The van der Waals surface area contributed by atoms with Gasteiger partial charge in [-0.1, -0.05) is 12.8 Å². The lowest BCUT2D eigenvalue weighted by Gasteiger charge is -2.13. The van der Waals surface area contributed by atoms with Crippen LogP contribution in [-0.2, 0) is 0 Å². The van der Waals surface area contributed by atoms with Crippen LogP contribution in [0.2, 0.25) is 0 Å². The first-order valence-corrected chi connectivity index (χ1v) is 4.36. The minimum atomic E-state index is 0.646. The minimum Gasteiger partial charge on any atom is -0.271 e. The Morgan fingerprint density at radius 2 is 2.00 bits per heavy atom. The Hall–Kier alpha value is -0.0800. The SMILES string of the molecule is NNC(CC1CC1)C1CC1. The van der Waals surface area contributed by atoms with Gasteiger partial charge in [0, 0.05) is 6.04 Å². The Labute approximate surface area is 62.1 Å².